The monoisotopic (exact) mass is 417 g/mol. The van der Waals surface area contributed by atoms with Crippen molar-refractivity contribution in [2.45, 2.75) is 38.9 Å². The average molecular weight is 418 g/mol. The molecule has 0 saturated carbocycles. The van der Waals surface area contributed by atoms with Gasteiger partial charge in [-0.25, -0.2) is 4.99 Å². The zero-order chi connectivity index (χ0) is 21.5. The van der Waals surface area contributed by atoms with Gasteiger partial charge in [-0.1, -0.05) is 48.5 Å². The van der Waals surface area contributed by atoms with Crippen LogP contribution in [0.4, 0.5) is 5.69 Å². The first kappa shape index (κ1) is 20.9. The number of nitrogens with zero attached hydrogens (tertiary/aromatic N) is 5. The molecular formula is C24H31N7. The minimum absolute atomic E-state index is 0.331. The summed E-state index contributed by atoms with van der Waals surface area (Å²) in [6.45, 7) is 5.21. The van der Waals surface area contributed by atoms with Crippen LogP contribution in [-0.2, 0) is 20.1 Å². The Morgan fingerprint density at radius 1 is 1.06 bits per heavy atom. The largest absolute Gasteiger partial charge is 0.369 e. The van der Waals surface area contributed by atoms with Crippen molar-refractivity contribution < 1.29 is 0 Å². The van der Waals surface area contributed by atoms with Crippen LogP contribution in [0.1, 0.15) is 30.1 Å². The second-order valence-corrected chi connectivity index (χ2v) is 7.99. The molecule has 2 N–H and O–H groups in total. The van der Waals surface area contributed by atoms with Crippen molar-refractivity contribution in [3.05, 3.63) is 77.9 Å². The summed E-state index contributed by atoms with van der Waals surface area (Å²) < 4.78 is 2.00. The lowest BCUT2D eigenvalue weighted by Crippen LogP contribution is -2.51. The van der Waals surface area contributed by atoms with Gasteiger partial charge in [0.1, 0.15) is 5.82 Å². The van der Waals surface area contributed by atoms with Crippen LogP contribution in [0.5, 0.6) is 0 Å². The van der Waals surface area contributed by atoms with Gasteiger partial charge in [0.05, 0.1) is 13.1 Å². The van der Waals surface area contributed by atoms with E-state index in [-0.39, 0.29) is 0 Å². The number of piperidine rings is 1. The highest BCUT2D eigenvalue weighted by atomic mass is 15.3. The van der Waals surface area contributed by atoms with E-state index in [4.69, 9.17) is 4.99 Å². The maximum absolute atomic E-state index is 4.86. The van der Waals surface area contributed by atoms with Gasteiger partial charge in [0.2, 0.25) is 0 Å². The Kier molecular flexibility index (Phi) is 6.82. The third kappa shape index (κ3) is 5.63. The molecule has 31 heavy (non-hydrogen) atoms. The van der Waals surface area contributed by atoms with Crippen LogP contribution in [0.15, 0.2) is 65.7 Å². The molecule has 162 valence electrons. The number of anilines is 1. The SMILES string of the molecule is Cc1nnc(CNC(=NCc2ccccc2)NC2CCCN(c3ccccc3)C2)n1C. The van der Waals surface area contributed by atoms with E-state index in [9.17, 15) is 0 Å². The fraction of sp³-hybridized carbons (Fsp3) is 0.375. The summed E-state index contributed by atoms with van der Waals surface area (Å²) in [4.78, 5) is 7.30. The van der Waals surface area contributed by atoms with Crippen LogP contribution in [-0.4, -0.2) is 39.9 Å². The Morgan fingerprint density at radius 3 is 2.52 bits per heavy atom. The molecule has 3 aromatic rings. The van der Waals surface area contributed by atoms with Gasteiger partial charge in [0.15, 0.2) is 11.8 Å². The first-order valence-electron chi connectivity index (χ1n) is 10.9. The number of benzene rings is 2. The smallest absolute Gasteiger partial charge is 0.192 e. The summed E-state index contributed by atoms with van der Waals surface area (Å²) in [5.41, 5.74) is 2.46. The van der Waals surface area contributed by atoms with Crippen molar-refractivity contribution in [2.75, 3.05) is 18.0 Å². The first-order chi connectivity index (χ1) is 15.2. The van der Waals surface area contributed by atoms with Gasteiger partial charge < -0.3 is 20.1 Å². The molecule has 0 spiro atoms. The van der Waals surface area contributed by atoms with Crippen molar-refractivity contribution in [3.8, 4) is 0 Å². The molecule has 0 bridgehead atoms. The summed E-state index contributed by atoms with van der Waals surface area (Å²) in [5, 5.41) is 15.5. The molecule has 0 aliphatic carbocycles. The number of nitrogens with one attached hydrogen (secondary N) is 2. The molecule has 2 heterocycles. The van der Waals surface area contributed by atoms with E-state index in [2.05, 4.69) is 68.2 Å². The zero-order valence-electron chi connectivity index (χ0n) is 18.3. The highest BCUT2D eigenvalue weighted by molar-refractivity contribution is 5.80. The van der Waals surface area contributed by atoms with Crippen LogP contribution in [0.25, 0.3) is 0 Å². The summed E-state index contributed by atoms with van der Waals surface area (Å²) in [5.74, 6) is 2.60. The normalized spacial score (nSPS) is 16.9. The second kappa shape index (κ2) is 10.1. The molecule has 2 aromatic carbocycles. The van der Waals surface area contributed by atoms with E-state index in [1.807, 2.05) is 36.7 Å². The molecule has 1 saturated heterocycles. The van der Waals surface area contributed by atoms with Crippen LogP contribution < -0.4 is 15.5 Å². The molecule has 0 amide bonds. The lowest BCUT2D eigenvalue weighted by molar-refractivity contribution is 0.467. The minimum Gasteiger partial charge on any atom is -0.369 e. The molecule has 1 unspecified atom stereocenters. The molecule has 4 rings (SSSR count). The van der Waals surface area contributed by atoms with Gasteiger partial charge in [0.25, 0.3) is 0 Å². The number of para-hydroxylation sites is 1. The van der Waals surface area contributed by atoms with E-state index in [1.165, 1.54) is 11.3 Å². The van der Waals surface area contributed by atoms with Crippen molar-refractivity contribution in [3.63, 3.8) is 0 Å². The third-order valence-electron chi connectivity index (χ3n) is 5.74. The fourth-order valence-electron chi connectivity index (χ4n) is 3.84. The Labute approximate surface area is 184 Å². The number of hydrogen-bond acceptors (Lipinski definition) is 4. The maximum atomic E-state index is 4.86. The molecule has 0 radical (unpaired) electrons. The highest BCUT2D eigenvalue weighted by Gasteiger charge is 2.21. The van der Waals surface area contributed by atoms with Gasteiger partial charge in [-0.3, -0.25) is 0 Å². The van der Waals surface area contributed by atoms with Gasteiger partial charge in [-0.05, 0) is 37.5 Å². The number of guanidine groups is 1. The van der Waals surface area contributed by atoms with E-state index in [1.54, 1.807) is 0 Å². The minimum atomic E-state index is 0.331. The summed E-state index contributed by atoms with van der Waals surface area (Å²) in [6, 6.07) is 21.3. The zero-order valence-corrected chi connectivity index (χ0v) is 18.3. The number of rotatable bonds is 6. The second-order valence-electron chi connectivity index (χ2n) is 7.99. The fourth-order valence-corrected chi connectivity index (χ4v) is 3.84. The highest BCUT2D eigenvalue weighted by Crippen LogP contribution is 2.19. The van der Waals surface area contributed by atoms with E-state index in [0.29, 0.717) is 19.1 Å². The predicted octanol–water partition coefficient (Wildman–Crippen LogP) is 3.03. The molecule has 7 nitrogen and oxygen atoms in total. The van der Waals surface area contributed by atoms with E-state index in [0.717, 1.165) is 43.5 Å². The third-order valence-corrected chi connectivity index (χ3v) is 5.74. The standard InChI is InChI=1S/C24H31N7/c1-19-28-29-23(30(19)2)17-26-24(25-16-20-10-5-3-6-11-20)27-21-12-9-15-31(18-21)22-13-7-4-8-14-22/h3-8,10-11,13-14,21H,9,12,15-18H2,1-2H3,(H2,25,26,27). The maximum Gasteiger partial charge on any atom is 0.192 e. The van der Waals surface area contributed by atoms with Crippen LogP contribution in [0, 0.1) is 6.92 Å². The first-order valence-corrected chi connectivity index (χ1v) is 10.9. The van der Waals surface area contributed by atoms with Crippen molar-refractivity contribution in [2.24, 2.45) is 12.0 Å². The molecular weight excluding hydrogens is 386 g/mol. The molecule has 1 fully saturated rings. The number of aryl methyl sites for hydroxylation is 1. The van der Waals surface area contributed by atoms with Gasteiger partial charge in [0, 0.05) is 31.9 Å². The van der Waals surface area contributed by atoms with E-state index >= 15 is 0 Å². The molecule has 7 heteroatoms. The Morgan fingerprint density at radius 2 is 1.81 bits per heavy atom. The van der Waals surface area contributed by atoms with Gasteiger partial charge in [-0.15, -0.1) is 10.2 Å². The van der Waals surface area contributed by atoms with Crippen molar-refractivity contribution >= 4 is 11.6 Å². The molecule has 1 aliphatic rings. The summed E-state index contributed by atoms with van der Waals surface area (Å²) in [6.07, 6.45) is 2.28. The van der Waals surface area contributed by atoms with Crippen LogP contribution in [0.3, 0.4) is 0 Å². The van der Waals surface area contributed by atoms with Crippen molar-refractivity contribution in [1.29, 1.82) is 0 Å². The summed E-state index contributed by atoms with van der Waals surface area (Å²) >= 11 is 0. The molecule has 1 aliphatic heterocycles. The molecule has 1 atom stereocenters. The van der Waals surface area contributed by atoms with Crippen LogP contribution >= 0.6 is 0 Å². The number of hydrogen-bond donors (Lipinski definition) is 2. The van der Waals surface area contributed by atoms with Gasteiger partial charge in [-0.2, -0.15) is 0 Å². The van der Waals surface area contributed by atoms with Gasteiger partial charge >= 0.3 is 0 Å². The molecule has 1 aromatic heterocycles. The van der Waals surface area contributed by atoms with Crippen LogP contribution in [0.2, 0.25) is 0 Å². The number of aromatic nitrogens is 3. The quantitative estimate of drug-likeness (QED) is 0.477. The van der Waals surface area contributed by atoms with Crippen molar-refractivity contribution in [1.82, 2.24) is 25.4 Å². The lowest BCUT2D eigenvalue weighted by Gasteiger charge is -2.35. The lowest BCUT2D eigenvalue weighted by atomic mass is 10.1. The predicted molar refractivity (Wildman–Crippen MR) is 125 cm³/mol. The average Bonchev–Trinajstić information content (AvgIpc) is 3.14. The Balaban J connectivity index is 1.44. The van der Waals surface area contributed by atoms with E-state index < -0.39 is 0 Å². The topological polar surface area (TPSA) is 70.4 Å². The summed E-state index contributed by atoms with van der Waals surface area (Å²) in [7, 11) is 1.99. The Hall–Kier alpha value is -3.35. The number of aliphatic imine (C=N–C) groups is 1. The Bertz CT molecular complexity index is 982.